The molecule has 10 heteroatoms. The molecule has 0 N–H and O–H groups in total. The summed E-state index contributed by atoms with van der Waals surface area (Å²) >= 11 is 0. The van der Waals surface area contributed by atoms with Gasteiger partial charge >= 0.3 is 11.9 Å². The van der Waals surface area contributed by atoms with Crippen molar-refractivity contribution in [3.05, 3.63) is 194 Å². The smallest absolute Gasteiger partial charge is 0.306 e. The zero-order chi connectivity index (χ0) is 58.4. The minimum Gasteiger partial charge on any atom is -0.756 e. The standard InChI is InChI=1S/C70H108NO8P/c1-6-8-10-12-14-16-18-20-22-24-26-28-30-32-34-35-37-39-41-43-45-47-49-51-53-55-57-59-61-63-70(73)79-68(67-78-80(74,75)77-65-64-71(3,4)5)66-76-69(72)62-60-58-56-54-52-50-48-46-44-42-40-38-36-33-31-29-27-25-23-21-19-17-15-13-11-9-7-2/h8-11,14-17,20-23,26-29,32-34,36-37,39-40,42-43,45-46,48-49,51,55,57,68H,6-7,12-13,18-19,24-25,30-31,35,38,41,44,47,50,52-54,56,58-67H2,1-5H3/b10-8-,11-9-,16-14-,17-15-,22-20-,23-21-,28-26-,29-27-,34-32-,36-33-,39-37-,42-40-,45-43-,48-46-,51-49-,57-55-. The third-order valence-electron chi connectivity index (χ3n) is 11.6. The molecule has 80 heavy (non-hydrogen) atoms. The van der Waals surface area contributed by atoms with E-state index >= 15 is 0 Å². The second kappa shape index (κ2) is 58.5. The molecule has 0 fully saturated rings. The van der Waals surface area contributed by atoms with E-state index in [0.29, 0.717) is 30.3 Å². The summed E-state index contributed by atoms with van der Waals surface area (Å²) < 4.78 is 34.1. The largest absolute Gasteiger partial charge is 0.756 e. The Balaban J connectivity index is 4.38. The number of unbranched alkanes of at least 4 members (excludes halogenated alkanes) is 6. The molecule has 446 valence electrons. The molecule has 0 aliphatic rings. The van der Waals surface area contributed by atoms with Crippen LogP contribution in [0, 0.1) is 0 Å². The highest BCUT2D eigenvalue weighted by Gasteiger charge is 2.21. The highest BCUT2D eigenvalue weighted by molar-refractivity contribution is 7.45. The SMILES string of the molecule is CC/C=C\C/C=C\C/C=C\C/C=C\C/C=C\C/C=C\C/C=C\C/C=C\C/C=C\CCCC(=O)OC(COC(=O)CCCCCCC/C=C\C/C=C\C/C=C\C/C=C\C/C=C\C/C=C\C/C=C\CC)COP(=O)([O-])OCC[N+](C)(C)C. The molecule has 0 radical (unpaired) electrons. The van der Waals surface area contributed by atoms with Crippen molar-refractivity contribution in [3.8, 4) is 0 Å². The number of likely N-dealkylation sites (N-methyl/N-ethyl adjacent to an activating group) is 1. The van der Waals surface area contributed by atoms with E-state index in [1.807, 2.05) is 27.2 Å². The van der Waals surface area contributed by atoms with E-state index in [1.165, 1.54) is 0 Å². The second-order valence-electron chi connectivity index (χ2n) is 20.2. The molecule has 0 aromatic carbocycles. The molecular formula is C70H108NO8P. The molecule has 2 unspecified atom stereocenters. The molecule has 9 nitrogen and oxygen atoms in total. The summed E-state index contributed by atoms with van der Waals surface area (Å²) in [6.07, 6.45) is 92.0. The Morgan fingerprint density at radius 2 is 0.688 bits per heavy atom. The molecule has 0 aliphatic carbocycles. The predicted molar refractivity (Wildman–Crippen MR) is 341 cm³/mol. The van der Waals surface area contributed by atoms with Gasteiger partial charge in [-0.3, -0.25) is 14.2 Å². The lowest BCUT2D eigenvalue weighted by atomic mass is 10.1. The Morgan fingerprint density at radius 1 is 0.388 bits per heavy atom. The van der Waals surface area contributed by atoms with Gasteiger partial charge in [0.05, 0.1) is 27.7 Å². The molecule has 0 spiro atoms. The lowest BCUT2D eigenvalue weighted by Crippen LogP contribution is -2.37. The van der Waals surface area contributed by atoms with E-state index in [1.54, 1.807) is 0 Å². The zero-order valence-electron chi connectivity index (χ0n) is 50.4. The van der Waals surface area contributed by atoms with Crippen molar-refractivity contribution in [3.63, 3.8) is 0 Å². The van der Waals surface area contributed by atoms with Gasteiger partial charge in [-0.15, -0.1) is 0 Å². The van der Waals surface area contributed by atoms with Gasteiger partial charge in [0.2, 0.25) is 0 Å². The highest BCUT2D eigenvalue weighted by Crippen LogP contribution is 2.38. The third-order valence-corrected chi connectivity index (χ3v) is 12.6. The monoisotopic (exact) mass is 1120 g/mol. The molecule has 0 bridgehead atoms. The van der Waals surface area contributed by atoms with Gasteiger partial charge in [0, 0.05) is 12.8 Å². The van der Waals surface area contributed by atoms with Crippen LogP contribution >= 0.6 is 7.82 Å². The molecule has 0 rings (SSSR count). The second-order valence-corrected chi connectivity index (χ2v) is 21.7. The molecule has 0 aliphatic heterocycles. The van der Waals surface area contributed by atoms with Crippen LogP contribution in [0.1, 0.15) is 181 Å². The lowest BCUT2D eigenvalue weighted by Gasteiger charge is -2.28. The first-order valence-corrected chi connectivity index (χ1v) is 31.6. The molecule has 0 saturated heterocycles. The van der Waals surface area contributed by atoms with Crippen LogP contribution in [0.4, 0.5) is 0 Å². The van der Waals surface area contributed by atoms with E-state index in [0.717, 1.165) is 135 Å². The number of carbonyl (C=O) groups excluding carboxylic acids is 2. The van der Waals surface area contributed by atoms with E-state index in [2.05, 4.69) is 202 Å². The number of rotatable bonds is 52. The van der Waals surface area contributed by atoms with E-state index < -0.39 is 32.5 Å². The maximum atomic E-state index is 12.8. The number of quaternary nitrogens is 1. The maximum Gasteiger partial charge on any atom is 0.306 e. The zero-order valence-corrected chi connectivity index (χ0v) is 51.3. The summed E-state index contributed by atoms with van der Waals surface area (Å²) in [6, 6.07) is 0. The van der Waals surface area contributed by atoms with Gasteiger partial charge in [0.1, 0.15) is 19.8 Å². The van der Waals surface area contributed by atoms with Gasteiger partial charge in [-0.1, -0.05) is 228 Å². The minimum absolute atomic E-state index is 0.0580. The number of hydrogen-bond acceptors (Lipinski definition) is 8. The van der Waals surface area contributed by atoms with Crippen molar-refractivity contribution in [1.29, 1.82) is 0 Å². The molecule has 0 amide bonds. The van der Waals surface area contributed by atoms with Crippen molar-refractivity contribution >= 4 is 19.8 Å². The molecule has 0 saturated carbocycles. The number of phosphoric acid groups is 1. The van der Waals surface area contributed by atoms with Crippen LogP contribution in [0.5, 0.6) is 0 Å². The summed E-state index contributed by atoms with van der Waals surface area (Å²) in [5.74, 6) is -0.946. The number of hydrogen-bond donors (Lipinski definition) is 0. The average molecular weight is 1120 g/mol. The van der Waals surface area contributed by atoms with Crippen molar-refractivity contribution < 1.29 is 42.1 Å². The molecule has 0 heterocycles. The Kier molecular flexibility index (Phi) is 54.7. The van der Waals surface area contributed by atoms with Crippen LogP contribution in [0.15, 0.2) is 194 Å². The van der Waals surface area contributed by atoms with Crippen molar-refractivity contribution in [2.24, 2.45) is 0 Å². The van der Waals surface area contributed by atoms with Crippen molar-refractivity contribution in [1.82, 2.24) is 0 Å². The van der Waals surface area contributed by atoms with Crippen molar-refractivity contribution in [2.75, 3.05) is 47.5 Å². The van der Waals surface area contributed by atoms with E-state index in [9.17, 15) is 19.0 Å². The van der Waals surface area contributed by atoms with E-state index in [4.69, 9.17) is 18.5 Å². The van der Waals surface area contributed by atoms with E-state index in [-0.39, 0.29) is 26.1 Å². The van der Waals surface area contributed by atoms with Gasteiger partial charge in [-0.2, -0.15) is 0 Å². The predicted octanol–water partition coefficient (Wildman–Crippen LogP) is 18.7. The fourth-order valence-corrected chi connectivity index (χ4v) is 7.78. The van der Waals surface area contributed by atoms with Crippen LogP contribution in [-0.2, 0) is 32.7 Å². The maximum absolute atomic E-state index is 12.8. The first-order valence-electron chi connectivity index (χ1n) is 30.1. The minimum atomic E-state index is -4.68. The lowest BCUT2D eigenvalue weighted by molar-refractivity contribution is -0.870. The fourth-order valence-electron chi connectivity index (χ4n) is 7.05. The van der Waals surface area contributed by atoms with Gasteiger partial charge in [0.25, 0.3) is 7.82 Å². The Bertz CT molecular complexity index is 2050. The van der Waals surface area contributed by atoms with Gasteiger partial charge in [-0.25, -0.2) is 0 Å². The fraction of sp³-hybridized carbons (Fsp3) is 0.514. The quantitative estimate of drug-likeness (QED) is 0.0195. The number of ether oxygens (including phenoxy) is 2. The third kappa shape index (κ3) is 62.1. The molecular weight excluding hydrogens is 1010 g/mol. The van der Waals surface area contributed by atoms with Crippen LogP contribution in [0.25, 0.3) is 0 Å². The number of esters is 2. The Labute approximate surface area is 488 Å². The van der Waals surface area contributed by atoms with Crippen LogP contribution in [0.2, 0.25) is 0 Å². The topological polar surface area (TPSA) is 111 Å². The first-order chi connectivity index (χ1) is 39.0. The van der Waals surface area contributed by atoms with Crippen molar-refractivity contribution in [2.45, 2.75) is 187 Å². The molecule has 2 atom stereocenters. The molecule has 0 aromatic rings. The molecule has 0 aromatic heterocycles. The summed E-state index contributed by atoms with van der Waals surface area (Å²) in [7, 11) is 1.08. The van der Waals surface area contributed by atoms with Crippen LogP contribution in [-0.4, -0.2) is 70.0 Å². The number of carbonyl (C=O) groups is 2. The average Bonchev–Trinajstić information content (AvgIpc) is 3.42. The Morgan fingerprint density at radius 3 is 1.04 bits per heavy atom. The number of phosphoric ester groups is 1. The van der Waals surface area contributed by atoms with Gasteiger partial charge in [0.15, 0.2) is 6.10 Å². The van der Waals surface area contributed by atoms with Gasteiger partial charge in [-0.05, 0) is 135 Å². The number of allylic oxidation sites excluding steroid dienone is 32. The van der Waals surface area contributed by atoms with Crippen LogP contribution in [0.3, 0.4) is 0 Å². The highest BCUT2D eigenvalue weighted by atomic mass is 31.2. The van der Waals surface area contributed by atoms with Gasteiger partial charge < -0.3 is 27.9 Å². The summed E-state index contributed by atoms with van der Waals surface area (Å²) in [5.41, 5.74) is 0. The number of nitrogens with zero attached hydrogens (tertiary/aromatic N) is 1. The van der Waals surface area contributed by atoms with Crippen LogP contribution < -0.4 is 4.89 Å². The first kappa shape index (κ1) is 74.8. The normalized spacial score (nSPS) is 14.6. The Hall–Kier alpha value is -5.15. The summed E-state index contributed by atoms with van der Waals surface area (Å²) in [6.45, 7) is 3.88. The summed E-state index contributed by atoms with van der Waals surface area (Å²) in [5, 5.41) is 0. The summed E-state index contributed by atoms with van der Waals surface area (Å²) in [4.78, 5) is 37.9.